The van der Waals surface area contributed by atoms with Gasteiger partial charge in [-0.15, -0.1) is 0 Å². The zero-order valence-electron chi connectivity index (χ0n) is 13.7. The number of nitrogens with zero attached hydrogens (tertiary/aromatic N) is 2. The van der Waals surface area contributed by atoms with Crippen molar-refractivity contribution in [2.45, 2.75) is 50.7 Å². The Hall–Kier alpha value is -0.880. The van der Waals surface area contributed by atoms with Crippen molar-refractivity contribution in [2.24, 2.45) is 4.99 Å². The molecule has 1 unspecified atom stereocenters. The quantitative estimate of drug-likeness (QED) is 0.462. The fourth-order valence-electron chi connectivity index (χ4n) is 3.02. The van der Waals surface area contributed by atoms with E-state index in [1.54, 1.807) is 7.05 Å². The molecule has 22 heavy (non-hydrogen) atoms. The van der Waals surface area contributed by atoms with E-state index in [2.05, 4.69) is 15.2 Å². The molecule has 0 aromatic rings. The molecule has 0 radical (unpaired) electrons. The first-order valence-electron chi connectivity index (χ1n) is 8.58. The molecule has 6 heteroatoms. The van der Waals surface area contributed by atoms with Crippen LogP contribution in [0.5, 0.6) is 0 Å². The monoisotopic (exact) mass is 315 g/mol. The molecule has 0 spiro atoms. The molecule has 2 rings (SSSR count). The van der Waals surface area contributed by atoms with Gasteiger partial charge in [-0.2, -0.15) is 0 Å². The average Bonchev–Trinajstić information content (AvgIpc) is 2.59. The Morgan fingerprint density at radius 2 is 2.14 bits per heavy atom. The molecule has 5 nitrogen and oxygen atoms in total. The summed E-state index contributed by atoms with van der Waals surface area (Å²) in [7, 11) is 1.78. The van der Waals surface area contributed by atoms with Crippen molar-refractivity contribution in [3.8, 4) is 0 Å². The van der Waals surface area contributed by atoms with Crippen LogP contribution in [-0.4, -0.2) is 69.6 Å². The predicted molar refractivity (Wildman–Crippen MR) is 86.1 cm³/mol. The molecule has 0 saturated carbocycles. The number of piperidine rings is 1. The molecule has 0 bridgehead atoms. The van der Waals surface area contributed by atoms with Gasteiger partial charge < -0.3 is 19.7 Å². The van der Waals surface area contributed by atoms with Crippen LogP contribution in [0, 0.1) is 0 Å². The second-order valence-corrected chi connectivity index (χ2v) is 6.02. The Morgan fingerprint density at radius 1 is 1.32 bits per heavy atom. The molecular formula is C16H30FN3O2. The number of likely N-dealkylation sites (tertiary alicyclic amines) is 1. The van der Waals surface area contributed by atoms with E-state index >= 15 is 0 Å². The number of ether oxygens (including phenoxy) is 2. The SMILES string of the molecule is CN=C(NCCCF)N1CCC(OCC2CCCCO2)CC1. The Labute approximate surface area is 133 Å². The maximum absolute atomic E-state index is 12.2. The lowest BCUT2D eigenvalue weighted by molar-refractivity contribution is -0.0721. The second kappa shape index (κ2) is 10.0. The van der Waals surface area contributed by atoms with Crippen LogP contribution in [0.4, 0.5) is 4.39 Å². The van der Waals surface area contributed by atoms with Crippen LogP contribution in [0.25, 0.3) is 0 Å². The summed E-state index contributed by atoms with van der Waals surface area (Å²) >= 11 is 0. The van der Waals surface area contributed by atoms with Gasteiger partial charge in [0.15, 0.2) is 5.96 Å². The third-order valence-electron chi connectivity index (χ3n) is 4.34. The molecule has 0 aliphatic carbocycles. The molecule has 1 N–H and O–H groups in total. The summed E-state index contributed by atoms with van der Waals surface area (Å²) in [6.45, 7) is 3.83. The number of alkyl halides is 1. The summed E-state index contributed by atoms with van der Waals surface area (Å²) in [6.07, 6.45) is 6.74. The molecule has 2 heterocycles. The molecule has 2 fully saturated rings. The normalized spacial score (nSPS) is 24.5. The first-order valence-corrected chi connectivity index (χ1v) is 8.58. The number of aliphatic imine (C=N–C) groups is 1. The Balaban J connectivity index is 1.63. The van der Waals surface area contributed by atoms with Crippen LogP contribution in [0.1, 0.15) is 38.5 Å². The van der Waals surface area contributed by atoms with Gasteiger partial charge in [0.1, 0.15) is 0 Å². The Morgan fingerprint density at radius 3 is 2.77 bits per heavy atom. The third-order valence-corrected chi connectivity index (χ3v) is 4.34. The number of nitrogens with one attached hydrogen (secondary N) is 1. The first kappa shape index (κ1) is 17.5. The summed E-state index contributed by atoms with van der Waals surface area (Å²) in [5.41, 5.74) is 0. The first-order chi connectivity index (χ1) is 10.8. The highest BCUT2D eigenvalue weighted by Crippen LogP contribution is 2.17. The summed E-state index contributed by atoms with van der Waals surface area (Å²) < 4.78 is 23.9. The Bertz CT molecular complexity index is 327. The van der Waals surface area contributed by atoms with E-state index in [0.717, 1.165) is 51.5 Å². The van der Waals surface area contributed by atoms with Crippen molar-refractivity contribution < 1.29 is 13.9 Å². The van der Waals surface area contributed by atoms with Gasteiger partial charge in [-0.3, -0.25) is 9.38 Å². The van der Waals surface area contributed by atoms with Gasteiger partial charge in [-0.25, -0.2) is 0 Å². The molecule has 2 saturated heterocycles. The lowest BCUT2D eigenvalue weighted by Crippen LogP contribution is -2.47. The van der Waals surface area contributed by atoms with Crippen molar-refractivity contribution in [2.75, 3.05) is 46.6 Å². The molecule has 0 aromatic carbocycles. The van der Waals surface area contributed by atoms with E-state index in [1.807, 2.05) is 0 Å². The topological polar surface area (TPSA) is 46.1 Å². The Kier molecular flexibility index (Phi) is 7.94. The van der Waals surface area contributed by atoms with Crippen LogP contribution in [0.15, 0.2) is 4.99 Å². The molecule has 2 aliphatic rings. The zero-order chi connectivity index (χ0) is 15.6. The highest BCUT2D eigenvalue weighted by Gasteiger charge is 2.23. The summed E-state index contributed by atoms with van der Waals surface area (Å²) in [5.74, 6) is 0.877. The zero-order valence-corrected chi connectivity index (χ0v) is 13.7. The van der Waals surface area contributed by atoms with Gasteiger partial charge in [0.2, 0.25) is 0 Å². The lowest BCUT2D eigenvalue weighted by atomic mass is 10.1. The summed E-state index contributed by atoms with van der Waals surface area (Å²) in [6, 6.07) is 0. The van der Waals surface area contributed by atoms with E-state index in [-0.39, 0.29) is 6.67 Å². The van der Waals surface area contributed by atoms with Crippen molar-refractivity contribution >= 4 is 5.96 Å². The van der Waals surface area contributed by atoms with Crippen LogP contribution in [0.2, 0.25) is 0 Å². The van der Waals surface area contributed by atoms with E-state index in [9.17, 15) is 4.39 Å². The third kappa shape index (κ3) is 5.72. The van der Waals surface area contributed by atoms with Crippen molar-refractivity contribution in [3.05, 3.63) is 0 Å². The summed E-state index contributed by atoms with van der Waals surface area (Å²) in [4.78, 5) is 6.51. The minimum Gasteiger partial charge on any atom is -0.376 e. The standard InChI is InChI=1S/C16H30FN3O2/c1-18-16(19-9-4-8-17)20-10-6-14(7-11-20)22-13-15-5-2-3-12-21-15/h14-15H,2-13H2,1H3,(H,18,19). The van der Waals surface area contributed by atoms with E-state index in [4.69, 9.17) is 9.47 Å². The molecular weight excluding hydrogens is 285 g/mol. The average molecular weight is 315 g/mol. The van der Waals surface area contributed by atoms with Crippen LogP contribution in [-0.2, 0) is 9.47 Å². The van der Waals surface area contributed by atoms with Gasteiger partial charge in [-0.05, 0) is 38.5 Å². The van der Waals surface area contributed by atoms with Crippen molar-refractivity contribution in [1.29, 1.82) is 0 Å². The molecule has 128 valence electrons. The number of halogens is 1. The highest BCUT2D eigenvalue weighted by atomic mass is 19.1. The molecule has 2 aliphatic heterocycles. The minimum atomic E-state index is -0.289. The van der Waals surface area contributed by atoms with Crippen molar-refractivity contribution in [3.63, 3.8) is 0 Å². The van der Waals surface area contributed by atoms with E-state index in [1.165, 1.54) is 12.8 Å². The fourth-order valence-corrected chi connectivity index (χ4v) is 3.02. The fraction of sp³-hybridized carbons (Fsp3) is 0.938. The molecule has 0 aromatic heterocycles. The minimum absolute atomic E-state index is 0.289. The van der Waals surface area contributed by atoms with Gasteiger partial charge in [0.25, 0.3) is 0 Å². The van der Waals surface area contributed by atoms with Crippen LogP contribution >= 0.6 is 0 Å². The van der Waals surface area contributed by atoms with Crippen molar-refractivity contribution in [1.82, 2.24) is 10.2 Å². The number of hydrogen-bond donors (Lipinski definition) is 1. The number of guanidine groups is 1. The highest BCUT2D eigenvalue weighted by molar-refractivity contribution is 5.79. The number of hydrogen-bond acceptors (Lipinski definition) is 3. The van der Waals surface area contributed by atoms with E-state index in [0.29, 0.717) is 25.2 Å². The maximum atomic E-state index is 12.2. The van der Waals surface area contributed by atoms with Gasteiger partial charge in [-0.1, -0.05) is 0 Å². The second-order valence-electron chi connectivity index (χ2n) is 6.02. The van der Waals surface area contributed by atoms with Gasteiger partial charge >= 0.3 is 0 Å². The molecule has 1 atom stereocenters. The molecule has 0 amide bonds. The van der Waals surface area contributed by atoms with Gasteiger partial charge in [0.05, 0.1) is 25.5 Å². The lowest BCUT2D eigenvalue weighted by Gasteiger charge is -2.35. The number of rotatable bonds is 6. The van der Waals surface area contributed by atoms with Crippen LogP contribution < -0.4 is 5.32 Å². The maximum Gasteiger partial charge on any atom is 0.193 e. The van der Waals surface area contributed by atoms with Gasteiger partial charge in [0, 0.05) is 33.3 Å². The predicted octanol–water partition coefficient (Wildman–Crippen LogP) is 1.97. The largest absolute Gasteiger partial charge is 0.376 e. The van der Waals surface area contributed by atoms with Crippen LogP contribution in [0.3, 0.4) is 0 Å². The smallest absolute Gasteiger partial charge is 0.193 e. The summed E-state index contributed by atoms with van der Waals surface area (Å²) in [5, 5.41) is 3.21. The van der Waals surface area contributed by atoms with E-state index < -0.39 is 0 Å².